The summed E-state index contributed by atoms with van der Waals surface area (Å²) < 4.78 is 0. The van der Waals surface area contributed by atoms with Crippen LogP contribution in [-0.4, -0.2) is 53.5 Å². The highest BCUT2D eigenvalue weighted by molar-refractivity contribution is 8.00. The average Bonchev–Trinajstić information content (AvgIpc) is 2.51. The van der Waals surface area contributed by atoms with E-state index in [0.717, 1.165) is 44.8 Å². The topological polar surface area (TPSA) is 58.4 Å². The van der Waals surface area contributed by atoms with E-state index >= 15 is 0 Å². The van der Waals surface area contributed by atoms with Crippen molar-refractivity contribution in [3.05, 3.63) is 0 Å². The normalized spacial score (nSPS) is 37.2. The van der Waals surface area contributed by atoms with Gasteiger partial charge in [-0.1, -0.05) is 6.92 Å². The molecular formula is C11H21N3OS. The molecule has 2 heterocycles. The SMILES string of the molecule is CC1CC(C(N)=O)(N2CCCNCC2)CS1. The molecule has 92 valence electrons. The number of carbonyl (C=O) groups is 1. The maximum Gasteiger partial charge on any atom is 0.238 e. The summed E-state index contributed by atoms with van der Waals surface area (Å²) in [5, 5.41) is 3.91. The van der Waals surface area contributed by atoms with Gasteiger partial charge < -0.3 is 11.1 Å². The molecule has 0 saturated carbocycles. The second-order valence-electron chi connectivity index (χ2n) is 4.81. The summed E-state index contributed by atoms with van der Waals surface area (Å²) in [4.78, 5) is 14.1. The van der Waals surface area contributed by atoms with Gasteiger partial charge in [0.15, 0.2) is 0 Å². The highest BCUT2D eigenvalue weighted by atomic mass is 32.2. The van der Waals surface area contributed by atoms with Gasteiger partial charge in [0.05, 0.1) is 0 Å². The minimum atomic E-state index is -0.379. The first-order chi connectivity index (χ1) is 7.65. The number of carbonyl (C=O) groups excluding carboxylic acids is 1. The van der Waals surface area contributed by atoms with Crippen molar-refractivity contribution in [3.63, 3.8) is 0 Å². The van der Waals surface area contributed by atoms with Crippen molar-refractivity contribution in [2.45, 2.75) is 30.6 Å². The van der Waals surface area contributed by atoms with Crippen molar-refractivity contribution < 1.29 is 4.79 Å². The number of nitrogens with zero attached hydrogens (tertiary/aromatic N) is 1. The van der Waals surface area contributed by atoms with Gasteiger partial charge in [-0.3, -0.25) is 9.69 Å². The van der Waals surface area contributed by atoms with E-state index in [1.807, 2.05) is 11.8 Å². The lowest BCUT2D eigenvalue weighted by molar-refractivity contribution is -0.129. The second kappa shape index (κ2) is 4.94. The fourth-order valence-electron chi connectivity index (χ4n) is 2.70. The molecular weight excluding hydrogens is 222 g/mol. The highest BCUT2D eigenvalue weighted by Gasteiger charge is 2.47. The Bertz CT molecular complexity index is 266. The predicted molar refractivity (Wildman–Crippen MR) is 67.5 cm³/mol. The molecule has 2 saturated heterocycles. The first-order valence-corrected chi connectivity index (χ1v) is 7.07. The van der Waals surface area contributed by atoms with Crippen LogP contribution in [0.15, 0.2) is 0 Å². The Kier molecular flexibility index (Phi) is 3.77. The van der Waals surface area contributed by atoms with Crippen LogP contribution in [0.2, 0.25) is 0 Å². The van der Waals surface area contributed by atoms with Gasteiger partial charge in [-0.25, -0.2) is 0 Å². The van der Waals surface area contributed by atoms with E-state index < -0.39 is 0 Å². The number of amides is 1. The van der Waals surface area contributed by atoms with Crippen LogP contribution in [0.4, 0.5) is 0 Å². The van der Waals surface area contributed by atoms with Gasteiger partial charge >= 0.3 is 0 Å². The molecule has 0 spiro atoms. The molecule has 0 bridgehead atoms. The van der Waals surface area contributed by atoms with Crippen LogP contribution in [0.1, 0.15) is 19.8 Å². The number of rotatable bonds is 2. The number of hydrogen-bond acceptors (Lipinski definition) is 4. The van der Waals surface area contributed by atoms with Crippen molar-refractivity contribution >= 4 is 17.7 Å². The number of hydrogen-bond donors (Lipinski definition) is 2. The standard InChI is InChI=1S/C11H21N3OS/c1-9-7-11(8-16-9,10(12)15)14-5-2-3-13-4-6-14/h9,13H,2-8H2,1H3,(H2,12,15). The summed E-state index contributed by atoms with van der Waals surface area (Å²) in [5.41, 5.74) is 5.28. The van der Waals surface area contributed by atoms with E-state index in [9.17, 15) is 4.79 Å². The molecule has 0 aliphatic carbocycles. The molecule has 0 radical (unpaired) electrons. The number of nitrogens with one attached hydrogen (secondary N) is 1. The first kappa shape index (κ1) is 12.2. The molecule has 2 rings (SSSR count). The van der Waals surface area contributed by atoms with Gasteiger partial charge in [0.1, 0.15) is 5.54 Å². The summed E-state index contributed by atoms with van der Waals surface area (Å²) in [7, 11) is 0. The van der Waals surface area contributed by atoms with Crippen LogP contribution in [0, 0.1) is 0 Å². The Morgan fingerprint density at radius 2 is 2.31 bits per heavy atom. The Balaban J connectivity index is 2.14. The molecule has 2 unspecified atom stereocenters. The molecule has 1 amide bonds. The molecule has 2 fully saturated rings. The van der Waals surface area contributed by atoms with Gasteiger partial charge in [0.2, 0.25) is 5.91 Å². The number of thioether (sulfide) groups is 1. The lowest BCUT2D eigenvalue weighted by Crippen LogP contribution is -2.59. The summed E-state index contributed by atoms with van der Waals surface area (Å²) >= 11 is 1.87. The molecule has 2 aliphatic rings. The molecule has 3 N–H and O–H groups in total. The third kappa shape index (κ3) is 2.21. The Morgan fingerprint density at radius 3 is 2.94 bits per heavy atom. The van der Waals surface area contributed by atoms with Gasteiger partial charge in [-0.15, -0.1) is 0 Å². The van der Waals surface area contributed by atoms with Crippen LogP contribution in [0.5, 0.6) is 0 Å². The zero-order valence-electron chi connectivity index (χ0n) is 9.87. The summed E-state index contributed by atoms with van der Waals surface area (Å²) in [6, 6.07) is 0. The van der Waals surface area contributed by atoms with Crippen molar-refractivity contribution in [2.75, 3.05) is 31.9 Å². The largest absolute Gasteiger partial charge is 0.368 e. The predicted octanol–water partition coefficient (Wildman–Crippen LogP) is 0.0312. The zero-order valence-corrected chi connectivity index (χ0v) is 10.7. The van der Waals surface area contributed by atoms with Crippen LogP contribution < -0.4 is 11.1 Å². The van der Waals surface area contributed by atoms with Crippen LogP contribution >= 0.6 is 11.8 Å². The molecule has 2 atom stereocenters. The van der Waals surface area contributed by atoms with E-state index in [4.69, 9.17) is 5.73 Å². The van der Waals surface area contributed by atoms with Crippen molar-refractivity contribution in [1.29, 1.82) is 0 Å². The summed E-state index contributed by atoms with van der Waals surface area (Å²) in [5.74, 6) is 0.731. The minimum Gasteiger partial charge on any atom is -0.368 e. The summed E-state index contributed by atoms with van der Waals surface area (Å²) in [6.07, 6.45) is 2.01. The highest BCUT2D eigenvalue weighted by Crippen LogP contribution is 2.38. The third-order valence-electron chi connectivity index (χ3n) is 3.64. The Morgan fingerprint density at radius 1 is 1.50 bits per heavy atom. The van der Waals surface area contributed by atoms with Crippen LogP contribution in [0.3, 0.4) is 0 Å². The maximum absolute atomic E-state index is 11.8. The quantitative estimate of drug-likeness (QED) is 0.718. The lowest BCUT2D eigenvalue weighted by Gasteiger charge is -2.37. The Labute approximate surface area is 101 Å². The molecule has 16 heavy (non-hydrogen) atoms. The van der Waals surface area contributed by atoms with Crippen molar-refractivity contribution in [1.82, 2.24) is 10.2 Å². The van der Waals surface area contributed by atoms with Gasteiger partial charge in [-0.2, -0.15) is 11.8 Å². The van der Waals surface area contributed by atoms with Crippen molar-refractivity contribution in [3.8, 4) is 0 Å². The van der Waals surface area contributed by atoms with E-state index in [0.29, 0.717) is 5.25 Å². The van der Waals surface area contributed by atoms with E-state index in [-0.39, 0.29) is 11.4 Å². The summed E-state index contributed by atoms with van der Waals surface area (Å²) in [6.45, 7) is 6.13. The third-order valence-corrected chi connectivity index (χ3v) is 5.02. The molecule has 4 nitrogen and oxygen atoms in total. The zero-order chi connectivity index (χ0) is 11.6. The molecule has 0 aromatic carbocycles. The molecule has 0 aromatic rings. The monoisotopic (exact) mass is 243 g/mol. The van der Waals surface area contributed by atoms with Crippen LogP contribution in [-0.2, 0) is 4.79 Å². The fourth-order valence-corrected chi connectivity index (χ4v) is 4.09. The number of nitrogens with two attached hydrogens (primary N) is 1. The average molecular weight is 243 g/mol. The number of primary amides is 1. The van der Waals surface area contributed by atoms with Gasteiger partial charge in [-0.05, 0) is 19.4 Å². The Hall–Kier alpha value is -0.260. The molecule has 5 heteroatoms. The minimum absolute atomic E-state index is 0.133. The smallest absolute Gasteiger partial charge is 0.238 e. The second-order valence-corrected chi connectivity index (χ2v) is 6.24. The van der Waals surface area contributed by atoms with E-state index in [1.165, 1.54) is 0 Å². The van der Waals surface area contributed by atoms with Crippen molar-refractivity contribution in [2.24, 2.45) is 5.73 Å². The van der Waals surface area contributed by atoms with Crippen LogP contribution in [0.25, 0.3) is 0 Å². The van der Waals surface area contributed by atoms with Gasteiger partial charge in [0, 0.05) is 30.6 Å². The lowest BCUT2D eigenvalue weighted by atomic mass is 9.92. The first-order valence-electron chi connectivity index (χ1n) is 6.02. The fraction of sp³-hybridized carbons (Fsp3) is 0.909. The van der Waals surface area contributed by atoms with E-state index in [1.54, 1.807) is 0 Å². The molecule has 2 aliphatic heterocycles. The molecule has 0 aromatic heterocycles. The van der Waals surface area contributed by atoms with E-state index in [2.05, 4.69) is 17.1 Å². The maximum atomic E-state index is 11.8. The van der Waals surface area contributed by atoms with Gasteiger partial charge in [0.25, 0.3) is 0 Å².